The molecule has 0 amide bonds. The average molecular weight is 260 g/mol. The van der Waals surface area contributed by atoms with E-state index in [1.165, 1.54) is 27.5 Å². The van der Waals surface area contributed by atoms with Crippen molar-refractivity contribution in [2.75, 3.05) is 0 Å². The molecular formula is C19H32. The first-order valence-electron chi connectivity index (χ1n) is 7.65. The molecule has 2 aromatic rings. The lowest BCUT2D eigenvalue weighted by Gasteiger charge is -2.07. The molecule has 0 aliphatic carbocycles. The Morgan fingerprint density at radius 1 is 0.579 bits per heavy atom. The highest BCUT2D eigenvalue weighted by Gasteiger charge is 2.01. The Kier molecular flexibility index (Phi) is 12.4. The zero-order valence-corrected chi connectivity index (χ0v) is 14.4. The van der Waals surface area contributed by atoms with E-state index in [2.05, 4.69) is 51.1 Å². The van der Waals surface area contributed by atoms with Crippen molar-refractivity contribution < 1.29 is 0 Å². The van der Waals surface area contributed by atoms with E-state index in [1.807, 2.05) is 41.5 Å². The summed E-state index contributed by atoms with van der Waals surface area (Å²) in [5.74, 6) is 0. The van der Waals surface area contributed by atoms with Crippen molar-refractivity contribution in [3.63, 3.8) is 0 Å². The summed E-state index contributed by atoms with van der Waals surface area (Å²) in [6.45, 7) is 18.5. The van der Waals surface area contributed by atoms with Crippen molar-refractivity contribution in [3.05, 3.63) is 47.0 Å². The van der Waals surface area contributed by atoms with Gasteiger partial charge in [0.1, 0.15) is 0 Å². The van der Waals surface area contributed by atoms with Gasteiger partial charge in [0, 0.05) is 0 Å². The molecule has 0 saturated carbocycles. The van der Waals surface area contributed by atoms with Gasteiger partial charge in [0.15, 0.2) is 0 Å². The Morgan fingerprint density at radius 2 is 1.11 bits per heavy atom. The molecule has 0 radical (unpaired) electrons. The van der Waals surface area contributed by atoms with Gasteiger partial charge in [-0.05, 0) is 48.2 Å². The van der Waals surface area contributed by atoms with Crippen LogP contribution in [0.15, 0.2) is 30.3 Å². The molecule has 0 heterocycles. The summed E-state index contributed by atoms with van der Waals surface area (Å²) < 4.78 is 0. The van der Waals surface area contributed by atoms with Gasteiger partial charge in [-0.2, -0.15) is 0 Å². The molecule has 0 aromatic heterocycles. The third kappa shape index (κ3) is 5.46. The van der Waals surface area contributed by atoms with Gasteiger partial charge >= 0.3 is 0 Å². The molecule has 2 rings (SSSR count). The number of hydrogen-bond donors (Lipinski definition) is 0. The van der Waals surface area contributed by atoms with Crippen LogP contribution in [0, 0.1) is 20.8 Å². The molecule has 0 heteroatoms. The first-order valence-corrected chi connectivity index (χ1v) is 7.65. The lowest BCUT2D eigenvalue weighted by atomic mass is 9.97. The van der Waals surface area contributed by atoms with Gasteiger partial charge in [-0.1, -0.05) is 71.9 Å². The molecule has 0 atom stereocenters. The molecule has 0 bridgehead atoms. The fourth-order valence-electron chi connectivity index (χ4n) is 1.88. The van der Waals surface area contributed by atoms with E-state index in [9.17, 15) is 0 Å². The Balaban J connectivity index is 0. The number of fused-ring (bicyclic) bond motifs is 1. The van der Waals surface area contributed by atoms with E-state index in [-0.39, 0.29) is 0 Å². The molecule has 0 unspecified atom stereocenters. The van der Waals surface area contributed by atoms with E-state index in [0.29, 0.717) is 0 Å². The predicted octanol–water partition coefficient (Wildman–Crippen LogP) is 6.84. The highest BCUT2D eigenvalue weighted by atomic mass is 14.1. The second kappa shape index (κ2) is 11.8. The fourth-order valence-corrected chi connectivity index (χ4v) is 1.88. The summed E-state index contributed by atoms with van der Waals surface area (Å²) in [5, 5.41) is 2.77. The van der Waals surface area contributed by atoms with E-state index < -0.39 is 0 Å². The number of hydrogen-bond acceptors (Lipinski definition) is 0. The van der Waals surface area contributed by atoms with Gasteiger partial charge in [0.25, 0.3) is 0 Å². The molecule has 0 fully saturated rings. The van der Waals surface area contributed by atoms with Crippen LogP contribution in [0.2, 0.25) is 0 Å². The molecule has 0 aliphatic heterocycles. The highest BCUT2D eigenvalue weighted by Crippen LogP contribution is 2.24. The Labute approximate surface area is 120 Å². The molecule has 0 saturated heterocycles. The van der Waals surface area contributed by atoms with Crippen LogP contribution in [0.4, 0.5) is 0 Å². The van der Waals surface area contributed by atoms with Crippen LogP contribution in [0.1, 0.15) is 58.2 Å². The molecule has 2 aromatic carbocycles. The second-order valence-corrected chi connectivity index (χ2v) is 3.68. The van der Waals surface area contributed by atoms with Crippen LogP contribution in [-0.4, -0.2) is 0 Å². The van der Waals surface area contributed by atoms with Crippen LogP contribution in [0.25, 0.3) is 10.8 Å². The molecule has 0 spiro atoms. The molecule has 108 valence electrons. The fraction of sp³-hybridized carbons (Fsp3) is 0.474. The standard InChI is InChI=1S/C13H14.3C2H6/c1-9-7-8-12-6-4-5-10(2)13(12)11(9)3;3*1-2/h4-8H,1-3H3;3*1-2H3. The Hall–Kier alpha value is -1.30. The lowest BCUT2D eigenvalue weighted by molar-refractivity contribution is 1.36. The second-order valence-electron chi connectivity index (χ2n) is 3.68. The van der Waals surface area contributed by atoms with Crippen LogP contribution >= 0.6 is 0 Å². The molecule has 0 aliphatic rings. The normalized spacial score (nSPS) is 8.26. The van der Waals surface area contributed by atoms with E-state index in [4.69, 9.17) is 0 Å². The van der Waals surface area contributed by atoms with Gasteiger partial charge in [0.2, 0.25) is 0 Å². The zero-order chi connectivity index (χ0) is 15.4. The third-order valence-electron chi connectivity index (χ3n) is 2.78. The predicted molar refractivity (Wildman–Crippen MR) is 92.2 cm³/mol. The summed E-state index contributed by atoms with van der Waals surface area (Å²) in [4.78, 5) is 0. The van der Waals surface area contributed by atoms with Crippen LogP contribution in [0.5, 0.6) is 0 Å². The van der Waals surface area contributed by atoms with Gasteiger partial charge < -0.3 is 0 Å². The van der Waals surface area contributed by atoms with Crippen molar-refractivity contribution in [3.8, 4) is 0 Å². The summed E-state index contributed by atoms with van der Waals surface area (Å²) in [6.07, 6.45) is 0. The topological polar surface area (TPSA) is 0 Å². The summed E-state index contributed by atoms with van der Waals surface area (Å²) >= 11 is 0. The quantitative estimate of drug-likeness (QED) is 0.486. The van der Waals surface area contributed by atoms with Gasteiger partial charge in [-0.15, -0.1) is 0 Å². The maximum Gasteiger partial charge on any atom is -0.0123 e. The van der Waals surface area contributed by atoms with Crippen molar-refractivity contribution in [2.24, 2.45) is 0 Å². The number of rotatable bonds is 0. The first kappa shape index (κ1) is 20.0. The van der Waals surface area contributed by atoms with Crippen LogP contribution in [-0.2, 0) is 0 Å². The number of aryl methyl sites for hydroxylation is 3. The van der Waals surface area contributed by atoms with E-state index >= 15 is 0 Å². The lowest BCUT2D eigenvalue weighted by Crippen LogP contribution is -1.86. The minimum atomic E-state index is 1.35. The Bertz CT molecular complexity index is 453. The average Bonchev–Trinajstić information content (AvgIpc) is 2.49. The molecular weight excluding hydrogens is 228 g/mol. The molecule has 0 nitrogen and oxygen atoms in total. The number of benzene rings is 2. The third-order valence-corrected chi connectivity index (χ3v) is 2.78. The summed E-state index contributed by atoms with van der Waals surface area (Å²) in [6, 6.07) is 10.9. The minimum absolute atomic E-state index is 1.35. The van der Waals surface area contributed by atoms with Crippen molar-refractivity contribution in [2.45, 2.75) is 62.3 Å². The molecule has 19 heavy (non-hydrogen) atoms. The maximum absolute atomic E-state index is 2.20. The SMILES string of the molecule is CC.CC.CC.Cc1ccc2cccc(C)c2c1C. The van der Waals surface area contributed by atoms with Crippen molar-refractivity contribution >= 4 is 10.8 Å². The Morgan fingerprint density at radius 3 is 1.63 bits per heavy atom. The molecule has 0 N–H and O–H groups in total. The monoisotopic (exact) mass is 260 g/mol. The van der Waals surface area contributed by atoms with Gasteiger partial charge in [-0.3, -0.25) is 0 Å². The highest BCUT2D eigenvalue weighted by molar-refractivity contribution is 5.89. The van der Waals surface area contributed by atoms with Gasteiger partial charge in [0.05, 0.1) is 0 Å². The smallest absolute Gasteiger partial charge is 0.0123 e. The van der Waals surface area contributed by atoms with E-state index in [1.54, 1.807) is 0 Å². The van der Waals surface area contributed by atoms with E-state index in [0.717, 1.165) is 0 Å². The largest absolute Gasteiger partial charge is 0.0683 e. The van der Waals surface area contributed by atoms with Crippen molar-refractivity contribution in [1.82, 2.24) is 0 Å². The summed E-state index contributed by atoms with van der Waals surface area (Å²) in [7, 11) is 0. The van der Waals surface area contributed by atoms with Gasteiger partial charge in [-0.25, -0.2) is 0 Å². The first-order chi connectivity index (χ1) is 9.20. The summed E-state index contributed by atoms with van der Waals surface area (Å²) in [5.41, 5.74) is 4.16. The minimum Gasteiger partial charge on any atom is -0.0683 e. The maximum atomic E-state index is 2.20. The zero-order valence-electron chi connectivity index (χ0n) is 14.4. The van der Waals surface area contributed by atoms with Crippen LogP contribution in [0.3, 0.4) is 0 Å². The van der Waals surface area contributed by atoms with Crippen molar-refractivity contribution in [1.29, 1.82) is 0 Å². The van der Waals surface area contributed by atoms with Crippen LogP contribution < -0.4 is 0 Å².